The third-order valence-corrected chi connectivity index (χ3v) is 6.29. The van der Waals surface area contributed by atoms with Gasteiger partial charge in [-0.15, -0.1) is 0 Å². The summed E-state index contributed by atoms with van der Waals surface area (Å²) < 4.78 is 37.0. The van der Waals surface area contributed by atoms with Crippen molar-refractivity contribution in [1.82, 2.24) is 15.0 Å². The minimum Gasteiger partial charge on any atom is -0.434 e. The summed E-state index contributed by atoms with van der Waals surface area (Å²) in [7, 11) is -4.12. The van der Waals surface area contributed by atoms with Gasteiger partial charge in [0.05, 0.1) is 17.1 Å². The molecule has 2 rings (SSSR count). The first kappa shape index (κ1) is 28.8. The standard InChI is InChI=1S/C25H33N3O7S/c1-4-5-6-15-34-25(31)35-23-12-9-20(17-27-23)24(30)28-36(32,33)21-10-7-19(8-11-21)13-14-26-22(29)16-18(2)3/h7-12,17-18H,4-6,13-16H2,1-3H3,(H,26,29)(H,28,30). The average molecular weight is 520 g/mol. The van der Waals surface area contributed by atoms with Crippen molar-refractivity contribution in [3.05, 3.63) is 53.7 Å². The van der Waals surface area contributed by atoms with Gasteiger partial charge in [0, 0.05) is 25.2 Å². The van der Waals surface area contributed by atoms with Crippen LogP contribution in [0.5, 0.6) is 5.88 Å². The van der Waals surface area contributed by atoms with Gasteiger partial charge in [-0.3, -0.25) is 9.59 Å². The van der Waals surface area contributed by atoms with Gasteiger partial charge in [-0.2, -0.15) is 0 Å². The van der Waals surface area contributed by atoms with Crippen LogP contribution in [0.15, 0.2) is 47.5 Å². The molecule has 196 valence electrons. The van der Waals surface area contributed by atoms with Crippen LogP contribution in [0.3, 0.4) is 0 Å². The smallest absolute Gasteiger partial charge is 0.434 e. The molecule has 1 heterocycles. The maximum atomic E-state index is 12.6. The van der Waals surface area contributed by atoms with Gasteiger partial charge >= 0.3 is 6.16 Å². The van der Waals surface area contributed by atoms with Crippen LogP contribution in [0.1, 0.15) is 62.4 Å². The molecule has 36 heavy (non-hydrogen) atoms. The summed E-state index contributed by atoms with van der Waals surface area (Å²) in [6, 6.07) is 8.59. The van der Waals surface area contributed by atoms with Crippen LogP contribution in [0.4, 0.5) is 4.79 Å². The van der Waals surface area contributed by atoms with Crippen LogP contribution in [0, 0.1) is 5.92 Å². The molecule has 1 aromatic carbocycles. The Kier molecular flexibility index (Phi) is 11.3. The van der Waals surface area contributed by atoms with E-state index in [4.69, 9.17) is 9.47 Å². The molecule has 0 aliphatic rings. The Hall–Kier alpha value is -3.47. The summed E-state index contributed by atoms with van der Waals surface area (Å²) in [5.41, 5.74) is 0.810. The number of hydrogen-bond donors (Lipinski definition) is 2. The molecule has 2 N–H and O–H groups in total. The Morgan fingerprint density at radius 1 is 1.03 bits per heavy atom. The zero-order chi connectivity index (χ0) is 26.6. The number of benzene rings is 1. The molecule has 0 radical (unpaired) electrons. The SMILES string of the molecule is CCCCCOC(=O)Oc1ccc(C(=O)NS(=O)(=O)c2ccc(CCNC(=O)CC(C)C)cc2)cn1. The van der Waals surface area contributed by atoms with Crippen molar-refractivity contribution in [3.63, 3.8) is 0 Å². The van der Waals surface area contributed by atoms with E-state index in [9.17, 15) is 22.8 Å². The summed E-state index contributed by atoms with van der Waals surface area (Å²) in [4.78, 5) is 39.5. The van der Waals surface area contributed by atoms with Gasteiger partial charge in [-0.1, -0.05) is 45.7 Å². The number of aromatic nitrogens is 1. The molecule has 0 fully saturated rings. The van der Waals surface area contributed by atoms with Crippen molar-refractivity contribution in [2.45, 2.75) is 57.8 Å². The fraction of sp³-hybridized carbons (Fsp3) is 0.440. The predicted octanol–water partition coefficient (Wildman–Crippen LogP) is 3.61. The highest BCUT2D eigenvalue weighted by atomic mass is 32.2. The molecule has 10 nitrogen and oxygen atoms in total. The second-order valence-electron chi connectivity index (χ2n) is 8.57. The van der Waals surface area contributed by atoms with E-state index < -0.39 is 22.1 Å². The van der Waals surface area contributed by atoms with Crippen LogP contribution in [0.25, 0.3) is 0 Å². The van der Waals surface area contributed by atoms with Gasteiger partial charge in [0.1, 0.15) is 0 Å². The number of sulfonamides is 1. The van der Waals surface area contributed by atoms with E-state index in [2.05, 4.69) is 10.3 Å². The third kappa shape index (κ3) is 10.0. The lowest BCUT2D eigenvalue weighted by atomic mass is 10.1. The van der Waals surface area contributed by atoms with Crippen LogP contribution in [-0.2, 0) is 26.0 Å². The molecule has 0 saturated heterocycles. The van der Waals surface area contributed by atoms with E-state index >= 15 is 0 Å². The van der Waals surface area contributed by atoms with Crippen molar-refractivity contribution >= 4 is 28.0 Å². The van der Waals surface area contributed by atoms with Crippen molar-refractivity contribution < 1.29 is 32.3 Å². The van der Waals surface area contributed by atoms with E-state index in [1.54, 1.807) is 12.1 Å². The second kappa shape index (κ2) is 14.2. The fourth-order valence-corrected chi connectivity index (χ4v) is 4.04. The molecule has 0 aliphatic heterocycles. The van der Waals surface area contributed by atoms with E-state index in [-0.39, 0.29) is 34.8 Å². The average Bonchev–Trinajstić information content (AvgIpc) is 2.82. The normalized spacial score (nSPS) is 11.1. The maximum Gasteiger partial charge on any atom is 0.515 e. The molecular formula is C25H33N3O7S. The first-order valence-electron chi connectivity index (χ1n) is 11.8. The Labute approximate surface area is 211 Å². The Bertz CT molecular complexity index is 1120. The van der Waals surface area contributed by atoms with Gasteiger partial charge in [0.15, 0.2) is 0 Å². The number of amides is 2. The lowest BCUT2D eigenvalue weighted by molar-refractivity contribution is -0.121. The molecular weight excluding hydrogens is 486 g/mol. The zero-order valence-electron chi connectivity index (χ0n) is 20.8. The van der Waals surface area contributed by atoms with Crippen LogP contribution in [0.2, 0.25) is 0 Å². The number of carbonyl (C=O) groups is 3. The number of ether oxygens (including phenoxy) is 2. The van der Waals surface area contributed by atoms with Crippen LogP contribution >= 0.6 is 0 Å². The molecule has 0 bridgehead atoms. The first-order chi connectivity index (χ1) is 17.1. The Balaban J connectivity index is 1.87. The molecule has 2 aromatic rings. The number of carbonyl (C=O) groups excluding carboxylic acids is 3. The predicted molar refractivity (Wildman–Crippen MR) is 133 cm³/mol. The number of nitrogens with zero attached hydrogens (tertiary/aromatic N) is 1. The van der Waals surface area contributed by atoms with Crippen molar-refractivity contribution in [3.8, 4) is 5.88 Å². The lowest BCUT2D eigenvalue weighted by Gasteiger charge is -2.09. The van der Waals surface area contributed by atoms with Gasteiger partial charge in [0.25, 0.3) is 15.9 Å². The fourth-order valence-electron chi connectivity index (χ4n) is 3.06. The van der Waals surface area contributed by atoms with Crippen molar-refractivity contribution in [1.29, 1.82) is 0 Å². The number of pyridine rings is 1. The largest absolute Gasteiger partial charge is 0.515 e. The highest BCUT2D eigenvalue weighted by molar-refractivity contribution is 7.90. The molecule has 0 spiro atoms. The summed E-state index contributed by atoms with van der Waals surface area (Å²) in [6.07, 6.45) is 3.84. The highest BCUT2D eigenvalue weighted by Crippen LogP contribution is 2.13. The van der Waals surface area contributed by atoms with Crippen LogP contribution < -0.4 is 14.8 Å². The van der Waals surface area contributed by atoms with Gasteiger partial charge in [-0.05, 0) is 42.5 Å². The summed E-state index contributed by atoms with van der Waals surface area (Å²) in [6.45, 7) is 6.64. The first-order valence-corrected chi connectivity index (χ1v) is 13.3. The lowest BCUT2D eigenvalue weighted by Crippen LogP contribution is -2.30. The van der Waals surface area contributed by atoms with E-state index in [1.807, 2.05) is 25.5 Å². The van der Waals surface area contributed by atoms with Crippen molar-refractivity contribution in [2.75, 3.05) is 13.2 Å². The van der Waals surface area contributed by atoms with Gasteiger partial charge < -0.3 is 14.8 Å². The van der Waals surface area contributed by atoms with Crippen LogP contribution in [-0.4, -0.2) is 44.5 Å². The van der Waals surface area contributed by atoms with E-state index in [0.29, 0.717) is 19.4 Å². The minimum atomic E-state index is -4.12. The molecule has 1 aromatic heterocycles. The molecule has 0 unspecified atom stereocenters. The molecule has 11 heteroatoms. The number of nitrogens with one attached hydrogen (secondary N) is 2. The summed E-state index contributed by atoms with van der Waals surface area (Å²) in [5, 5.41) is 2.82. The van der Waals surface area contributed by atoms with E-state index in [0.717, 1.165) is 31.0 Å². The number of hydrogen-bond acceptors (Lipinski definition) is 8. The third-order valence-electron chi connectivity index (χ3n) is 4.94. The molecule has 0 atom stereocenters. The highest BCUT2D eigenvalue weighted by Gasteiger charge is 2.19. The zero-order valence-corrected chi connectivity index (χ0v) is 21.6. The quantitative estimate of drug-likeness (QED) is 0.302. The van der Waals surface area contributed by atoms with E-state index in [1.165, 1.54) is 24.3 Å². The molecule has 0 aliphatic carbocycles. The van der Waals surface area contributed by atoms with Crippen molar-refractivity contribution in [2.24, 2.45) is 5.92 Å². The topological polar surface area (TPSA) is 141 Å². The molecule has 2 amide bonds. The molecule has 0 saturated carbocycles. The second-order valence-corrected chi connectivity index (χ2v) is 10.3. The Morgan fingerprint density at radius 2 is 1.75 bits per heavy atom. The van der Waals surface area contributed by atoms with Gasteiger partial charge in [0.2, 0.25) is 11.8 Å². The summed E-state index contributed by atoms with van der Waals surface area (Å²) >= 11 is 0. The summed E-state index contributed by atoms with van der Waals surface area (Å²) in [5.74, 6) is -0.710. The number of rotatable bonds is 13. The number of unbranched alkanes of at least 4 members (excludes halogenated alkanes) is 2. The van der Waals surface area contributed by atoms with Gasteiger partial charge in [-0.25, -0.2) is 22.9 Å². The Morgan fingerprint density at radius 3 is 2.36 bits per heavy atom. The minimum absolute atomic E-state index is 0.0247. The monoisotopic (exact) mass is 519 g/mol. The maximum absolute atomic E-state index is 12.6.